The maximum absolute atomic E-state index is 13.5. The first-order valence-electron chi connectivity index (χ1n) is 13.4. The molecule has 196 valence electrons. The van der Waals surface area contributed by atoms with Gasteiger partial charge in [-0.25, -0.2) is 0 Å². The molecule has 2 saturated heterocycles. The summed E-state index contributed by atoms with van der Waals surface area (Å²) < 4.78 is 0. The number of carbonyl (C=O) groups is 4. The number of benzene rings is 2. The van der Waals surface area contributed by atoms with Crippen molar-refractivity contribution in [2.45, 2.75) is 76.9 Å². The molecule has 2 aromatic carbocycles. The summed E-state index contributed by atoms with van der Waals surface area (Å²) in [7, 11) is 0. The molecule has 2 N–H and O–H groups in total. The molecule has 37 heavy (non-hydrogen) atoms. The molecular weight excluding hydrogens is 466 g/mol. The Hall–Kier alpha value is -3.48. The average Bonchev–Trinajstić information content (AvgIpc) is 3.38. The molecule has 0 bridgehead atoms. The van der Waals surface area contributed by atoms with Crippen LogP contribution in [0.1, 0.15) is 55.7 Å². The van der Waals surface area contributed by atoms with Gasteiger partial charge in [0, 0.05) is 31.3 Å². The fraction of sp³-hybridized carbons (Fsp3) is 0.467. The number of Topliss-reactive ketones (excluding diaryl/α,β-unsaturated/α-hetero) is 1. The van der Waals surface area contributed by atoms with Gasteiger partial charge >= 0.3 is 0 Å². The molecule has 0 unspecified atom stereocenters. The third-order valence-electron chi connectivity index (χ3n) is 7.45. The van der Waals surface area contributed by atoms with E-state index in [-0.39, 0.29) is 36.3 Å². The number of amides is 3. The van der Waals surface area contributed by atoms with Crippen molar-refractivity contribution < 1.29 is 19.2 Å². The van der Waals surface area contributed by atoms with Crippen molar-refractivity contribution in [3.05, 3.63) is 71.3 Å². The Morgan fingerprint density at radius 1 is 0.838 bits per heavy atom. The lowest BCUT2D eigenvalue weighted by molar-refractivity contribution is -0.142. The lowest BCUT2D eigenvalue weighted by Gasteiger charge is -2.29. The van der Waals surface area contributed by atoms with Crippen molar-refractivity contribution in [2.75, 3.05) is 6.54 Å². The number of hydrogen-bond acceptors (Lipinski definition) is 4. The second kappa shape index (κ2) is 12.2. The van der Waals surface area contributed by atoms with Crippen LogP contribution in [0.3, 0.4) is 0 Å². The van der Waals surface area contributed by atoms with Crippen LogP contribution in [0.5, 0.6) is 0 Å². The molecule has 4 atom stereocenters. The van der Waals surface area contributed by atoms with E-state index in [9.17, 15) is 19.2 Å². The smallest absolute Gasteiger partial charge is 0.245 e. The predicted molar refractivity (Wildman–Crippen MR) is 142 cm³/mol. The Morgan fingerprint density at radius 2 is 1.54 bits per heavy atom. The van der Waals surface area contributed by atoms with Crippen LogP contribution in [-0.4, -0.2) is 53.1 Å². The van der Waals surface area contributed by atoms with E-state index < -0.39 is 24.0 Å². The third-order valence-corrected chi connectivity index (χ3v) is 7.45. The summed E-state index contributed by atoms with van der Waals surface area (Å²) in [6, 6.07) is 16.0. The molecule has 4 rings (SSSR count). The molecule has 3 amide bonds. The quantitative estimate of drug-likeness (QED) is 0.655. The molecule has 7 nitrogen and oxygen atoms in total. The number of rotatable bonds is 5. The summed E-state index contributed by atoms with van der Waals surface area (Å²) in [5.74, 6) is -1.41. The van der Waals surface area contributed by atoms with Crippen molar-refractivity contribution in [3.63, 3.8) is 0 Å². The topological polar surface area (TPSA) is 95.6 Å². The van der Waals surface area contributed by atoms with E-state index in [4.69, 9.17) is 0 Å². The molecule has 2 heterocycles. The Morgan fingerprint density at radius 3 is 2.24 bits per heavy atom. The SMILES string of the molecule is CC[C@@H]1NC(=O)[C@H](Cc2ccc(C)cc2)CC(=O)C[C@H](Cc2ccccc2)NC(=O)[C@@H]2CCCN2C1=O. The molecule has 0 aromatic heterocycles. The van der Waals surface area contributed by atoms with Crippen LogP contribution in [0.15, 0.2) is 54.6 Å². The van der Waals surface area contributed by atoms with Gasteiger partial charge in [-0.15, -0.1) is 0 Å². The molecule has 2 aromatic rings. The highest BCUT2D eigenvalue weighted by Crippen LogP contribution is 2.22. The zero-order valence-electron chi connectivity index (χ0n) is 21.7. The van der Waals surface area contributed by atoms with Crippen LogP contribution in [-0.2, 0) is 32.0 Å². The summed E-state index contributed by atoms with van der Waals surface area (Å²) in [6.07, 6.45) is 2.82. The number of nitrogens with one attached hydrogen (secondary N) is 2. The lowest BCUT2D eigenvalue weighted by Crippen LogP contribution is -2.54. The predicted octanol–water partition coefficient (Wildman–Crippen LogP) is 3.13. The van der Waals surface area contributed by atoms with E-state index in [1.54, 1.807) is 4.90 Å². The minimum atomic E-state index is -0.725. The molecular formula is C30H37N3O4. The molecule has 0 saturated carbocycles. The van der Waals surface area contributed by atoms with Gasteiger partial charge in [-0.05, 0) is 50.2 Å². The number of fused-ring (bicyclic) bond motifs is 1. The van der Waals surface area contributed by atoms with E-state index in [2.05, 4.69) is 10.6 Å². The number of aryl methyl sites for hydroxylation is 1. The average molecular weight is 504 g/mol. The van der Waals surface area contributed by atoms with E-state index >= 15 is 0 Å². The summed E-state index contributed by atoms with van der Waals surface area (Å²) in [4.78, 5) is 55.2. The van der Waals surface area contributed by atoms with E-state index in [0.29, 0.717) is 32.2 Å². The van der Waals surface area contributed by atoms with Crippen molar-refractivity contribution in [3.8, 4) is 0 Å². The van der Waals surface area contributed by atoms with Gasteiger partial charge in [-0.1, -0.05) is 67.1 Å². The first-order chi connectivity index (χ1) is 17.8. The van der Waals surface area contributed by atoms with Gasteiger partial charge in [0.1, 0.15) is 17.9 Å². The van der Waals surface area contributed by atoms with Crippen LogP contribution in [0.2, 0.25) is 0 Å². The second-order valence-corrected chi connectivity index (χ2v) is 10.4. The summed E-state index contributed by atoms with van der Waals surface area (Å²) in [6.45, 7) is 4.34. The summed E-state index contributed by atoms with van der Waals surface area (Å²) in [5.41, 5.74) is 3.11. The number of hydrogen-bond donors (Lipinski definition) is 2. The van der Waals surface area contributed by atoms with Crippen LogP contribution in [0.4, 0.5) is 0 Å². The lowest BCUT2D eigenvalue weighted by atomic mass is 9.90. The third kappa shape index (κ3) is 6.85. The van der Waals surface area contributed by atoms with E-state index in [0.717, 1.165) is 23.1 Å². The zero-order chi connectivity index (χ0) is 26.4. The van der Waals surface area contributed by atoms with Crippen LogP contribution in [0.25, 0.3) is 0 Å². The molecule has 2 fully saturated rings. The highest BCUT2D eigenvalue weighted by Gasteiger charge is 2.39. The molecule has 0 radical (unpaired) electrons. The Labute approximate surface area is 219 Å². The number of carbonyl (C=O) groups excluding carboxylic acids is 4. The first kappa shape index (κ1) is 26.6. The van der Waals surface area contributed by atoms with Crippen molar-refractivity contribution in [2.24, 2.45) is 5.92 Å². The van der Waals surface area contributed by atoms with Gasteiger partial charge < -0.3 is 15.5 Å². The van der Waals surface area contributed by atoms with Gasteiger partial charge in [0.05, 0.1) is 0 Å². The fourth-order valence-electron chi connectivity index (χ4n) is 5.40. The molecule has 7 heteroatoms. The molecule has 0 aliphatic carbocycles. The Bertz CT molecular complexity index is 1120. The normalized spacial score (nSPS) is 25.4. The molecule has 0 spiro atoms. The number of ketones is 1. The van der Waals surface area contributed by atoms with Crippen LogP contribution < -0.4 is 10.6 Å². The summed E-state index contributed by atoms with van der Waals surface area (Å²) >= 11 is 0. The summed E-state index contributed by atoms with van der Waals surface area (Å²) in [5, 5.41) is 6.00. The molecule has 2 aliphatic heterocycles. The minimum absolute atomic E-state index is 0.0542. The highest BCUT2D eigenvalue weighted by atomic mass is 16.2. The molecule has 2 aliphatic rings. The highest BCUT2D eigenvalue weighted by molar-refractivity contribution is 5.95. The van der Waals surface area contributed by atoms with Gasteiger partial charge in [0.25, 0.3) is 0 Å². The van der Waals surface area contributed by atoms with Crippen LogP contribution >= 0.6 is 0 Å². The van der Waals surface area contributed by atoms with Crippen LogP contribution in [0, 0.1) is 12.8 Å². The minimum Gasteiger partial charge on any atom is -0.351 e. The van der Waals surface area contributed by atoms with E-state index in [1.165, 1.54) is 0 Å². The van der Waals surface area contributed by atoms with Crippen molar-refractivity contribution in [1.82, 2.24) is 15.5 Å². The van der Waals surface area contributed by atoms with Gasteiger partial charge in [-0.2, -0.15) is 0 Å². The fourth-order valence-corrected chi connectivity index (χ4v) is 5.40. The standard InChI is InChI=1S/C30H37N3O4/c1-3-26-30(37)33-15-7-10-27(33)29(36)31-24(17-21-8-5-4-6-9-21)19-25(34)18-23(28(35)32-26)16-22-13-11-20(2)12-14-22/h4-6,8-9,11-14,23-24,26-27H,3,7,10,15-19H2,1-2H3,(H,31,36)(H,32,35)/t23-,24+,26+,27+/m1/s1. The Kier molecular flexibility index (Phi) is 8.74. The maximum atomic E-state index is 13.5. The Balaban J connectivity index is 1.63. The van der Waals surface area contributed by atoms with E-state index in [1.807, 2.05) is 68.4 Å². The van der Waals surface area contributed by atoms with Gasteiger partial charge in [0.2, 0.25) is 17.7 Å². The second-order valence-electron chi connectivity index (χ2n) is 10.4. The first-order valence-corrected chi connectivity index (χ1v) is 13.4. The monoisotopic (exact) mass is 503 g/mol. The van der Waals surface area contributed by atoms with Gasteiger partial charge in [0.15, 0.2) is 0 Å². The maximum Gasteiger partial charge on any atom is 0.245 e. The zero-order valence-corrected chi connectivity index (χ0v) is 21.7. The largest absolute Gasteiger partial charge is 0.351 e. The van der Waals surface area contributed by atoms with Gasteiger partial charge in [-0.3, -0.25) is 19.2 Å². The van der Waals surface area contributed by atoms with Crippen molar-refractivity contribution >= 4 is 23.5 Å². The number of nitrogens with zero attached hydrogens (tertiary/aromatic N) is 1. The van der Waals surface area contributed by atoms with Crippen molar-refractivity contribution in [1.29, 1.82) is 0 Å².